The molecule has 0 heterocycles. The summed E-state index contributed by atoms with van der Waals surface area (Å²) in [5.74, 6) is 0.697. The number of ether oxygens (including phenoxy) is 1. The van der Waals surface area contributed by atoms with E-state index < -0.39 is 0 Å². The van der Waals surface area contributed by atoms with E-state index >= 15 is 0 Å². The number of hydrogen-bond acceptors (Lipinski definition) is 2. The molecule has 1 N–H and O–H groups in total. The quantitative estimate of drug-likeness (QED) is 0.835. The van der Waals surface area contributed by atoms with Gasteiger partial charge in [0.2, 0.25) is 0 Å². The third kappa shape index (κ3) is 3.63. The maximum absolute atomic E-state index is 13.3. The summed E-state index contributed by atoms with van der Waals surface area (Å²) in [5, 5.41) is 3.90. The van der Waals surface area contributed by atoms with E-state index in [9.17, 15) is 4.39 Å². The van der Waals surface area contributed by atoms with E-state index in [-0.39, 0.29) is 5.82 Å². The molecule has 106 valence electrons. The zero-order chi connectivity index (χ0) is 14.5. The number of nitrogens with one attached hydrogen (secondary N) is 1. The van der Waals surface area contributed by atoms with Crippen molar-refractivity contribution in [1.82, 2.24) is 5.32 Å². The molecule has 0 atom stereocenters. The summed E-state index contributed by atoms with van der Waals surface area (Å²) in [4.78, 5) is 0. The van der Waals surface area contributed by atoms with Gasteiger partial charge in [0, 0.05) is 12.1 Å². The van der Waals surface area contributed by atoms with Gasteiger partial charge < -0.3 is 10.1 Å². The van der Waals surface area contributed by atoms with Gasteiger partial charge in [-0.25, -0.2) is 4.39 Å². The van der Waals surface area contributed by atoms with E-state index in [0.29, 0.717) is 28.1 Å². The lowest BCUT2D eigenvalue weighted by Gasteiger charge is -2.13. The first kappa shape index (κ1) is 15.1. The number of halogens is 3. The zero-order valence-electron chi connectivity index (χ0n) is 10.9. The molecule has 2 aromatic rings. The molecule has 2 aromatic carbocycles. The van der Waals surface area contributed by atoms with E-state index in [4.69, 9.17) is 27.9 Å². The van der Waals surface area contributed by atoms with Crippen molar-refractivity contribution < 1.29 is 9.13 Å². The van der Waals surface area contributed by atoms with Crippen molar-refractivity contribution in [3.63, 3.8) is 0 Å². The van der Waals surface area contributed by atoms with E-state index in [1.807, 2.05) is 6.92 Å². The lowest BCUT2D eigenvalue weighted by molar-refractivity contribution is 0.471. The van der Waals surface area contributed by atoms with Crippen LogP contribution in [-0.4, -0.2) is 6.54 Å². The first-order valence-electron chi connectivity index (χ1n) is 6.23. The smallest absolute Gasteiger partial charge is 0.147 e. The van der Waals surface area contributed by atoms with Crippen LogP contribution in [0.3, 0.4) is 0 Å². The van der Waals surface area contributed by atoms with Crippen LogP contribution in [0.15, 0.2) is 36.4 Å². The van der Waals surface area contributed by atoms with Crippen LogP contribution >= 0.6 is 23.2 Å². The van der Waals surface area contributed by atoms with Crippen LogP contribution in [0.1, 0.15) is 12.5 Å². The van der Waals surface area contributed by atoms with Crippen molar-refractivity contribution in [3.8, 4) is 11.5 Å². The topological polar surface area (TPSA) is 21.3 Å². The second-order valence-electron chi connectivity index (χ2n) is 4.19. The van der Waals surface area contributed by atoms with Gasteiger partial charge in [-0.3, -0.25) is 0 Å². The third-order valence-corrected chi connectivity index (χ3v) is 3.53. The van der Waals surface area contributed by atoms with Crippen molar-refractivity contribution in [2.75, 3.05) is 6.54 Å². The molecule has 2 nitrogen and oxygen atoms in total. The van der Waals surface area contributed by atoms with Gasteiger partial charge in [0.1, 0.15) is 22.3 Å². The molecular formula is C15H14Cl2FNO. The van der Waals surface area contributed by atoms with Crippen molar-refractivity contribution in [2.24, 2.45) is 0 Å². The molecular weight excluding hydrogens is 300 g/mol. The molecule has 0 aliphatic rings. The normalized spacial score (nSPS) is 10.6. The highest BCUT2D eigenvalue weighted by Gasteiger charge is 2.10. The molecule has 0 amide bonds. The number of benzene rings is 2. The lowest BCUT2D eigenvalue weighted by atomic mass is 10.2. The van der Waals surface area contributed by atoms with Crippen LogP contribution < -0.4 is 10.1 Å². The summed E-state index contributed by atoms with van der Waals surface area (Å²) in [6.45, 7) is 3.28. The molecule has 0 unspecified atom stereocenters. The van der Waals surface area contributed by atoms with Crippen LogP contribution in [0, 0.1) is 5.82 Å². The minimum atomic E-state index is -0.303. The fourth-order valence-electron chi connectivity index (χ4n) is 1.73. The van der Waals surface area contributed by atoms with Crippen molar-refractivity contribution in [2.45, 2.75) is 13.5 Å². The molecule has 0 spiro atoms. The van der Waals surface area contributed by atoms with Gasteiger partial charge >= 0.3 is 0 Å². The van der Waals surface area contributed by atoms with E-state index in [1.165, 1.54) is 12.1 Å². The monoisotopic (exact) mass is 313 g/mol. The maximum Gasteiger partial charge on any atom is 0.147 e. The van der Waals surface area contributed by atoms with Crippen LogP contribution in [0.2, 0.25) is 10.0 Å². The average Bonchev–Trinajstić information content (AvgIpc) is 2.44. The van der Waals surface area contributed by atoms with E-state index in [2.05, 4.69) is 5.32 Å². The summed E-state index contributed by atoms with van der Waals surface area (Å²) in [6.07, 6.45) is 0. The molecule has 2 rings (SSSR count). The highest BCUT2D eigenvalue weighted by Crippen LogP contribution is 2.35. The van der Waals surface area contributed by atoms with Crippen LogP contribution in [-0.2, 0) is 6.54 Å². The maximum atomic E-state index is 13.3. The Morgan fingerprint density at radius 3 is 2.70 bits per heavy atom. The highest BCUT2D eigenvalue weighted by atomic mass is 35.5. The fraction of sp³-hybridized carbons (Fsp3) is 0.200. The Bertz CT molecular complexity index is 604. The predicted octanol–water partition coefficient (Wildman–Crippen LogP) is 5.03. The highest BCUT2D eigenvalue weighted by molar-refractivity contribution is 6.42. The Balaban J connectivity index is 2.30. The molecule has 0 saturated carbocycles. The molecule has 0 bridgehead atoms. The molecule has 0 fully saturated rings. The van der Waals surface area contributed by atoms with Crippen LogP contribution in [0.4, 0.5) is 4.39 Å². The van der Waals surface area contributed by atoms with Gasteiger partial charge in [0.25, 0.3) is 0 Å². The fourth-order valence-corrected chi connectivity index (χ4v) is 2.06. The van der Waals surface area contributed by atoms with Crippen LogP contribution in [0.5, 0.6) is 11.5 Å². The van der Waals surface area contributed by atoms with E-state index in [1.54, 1.807) is 24.3 Å². The molecule has 0 aliphatic heterocycles. The minimum absolute atomic E-state index is 0.303. The van der Waals surface area contributed by atoms with Gasteiger partial charge in [0.15, 0.2) is 0 Å². The van der Waals surface area contributed by atoms with Gasteiger partial charge in [-0.2, -0.15) is 0 Å². The summed E-state index contributed by atoms with van der Waals surface area (Å²) in [7, 11) is 0. The van der Waals surface area contributed by atoms with Gasteiger partial charge in [0.05, 0.1) is 5.02 Å². The zero-order valence-corrected chi connectivity index (χ0v) is 12.4. The van der Waals surface area contributed by atoms with Gasteiger partial charge in [-0.15, -0.1) is 0 Å². The Morgan fingerprint density at radius 1 is 1.15 bits per heavy atom. The Labute approximate surface area is 127 Å². The number of rotatable bonds is 5. The summed E-state index contributed by atoms with van der Waals surface area (Å²) in [5.41, 5.74) is 0.725. The second kappa shape index (κ2) is 6.93. The predicted molar refractivity (Wildman–Crippen MR) is 80.3 cm³/mol. The SMILES string of the molecule is CCNCc1cc(F)ccc1Oc1cccc(Cl)c1Cl. The first-order valence-corrected chi connectivity index (χ1v) is 6.98. The largest absolute Gasteiger partial charge is 0.455 e. The number of hydrogen-bond donors (Lipinski definition) is 1. The Kier molecular flexibility index (Phi) is 5.24. The van der Waals surface area contributed by atoms with Gasteiger partial charge in [-0.05, 0) is 36.9 Å². The Hall–Kier alpha value is -1.29. The van der Waals surface area contributed by atoms with Crippen molar-refractivity contribution in [3.05, 3.63) is 57.8 Å². The molecule has 20 heavy (non-hydrogen) atoms. The first-order chi connectivity index (χ1) is 9.61. The van der Waals surface area contributed by atoms with Crippen molar-refractivity contribution in [1.29, 1.82) is 0 Å². The third-order valence-electron chi connectivity index (χ3n) is 2.72. The molecule has 0 radical (unpaired) electrons. The second-order valence-corrected chi connectivity index (χ2v) is 4.97. The standard InChI is InChI=1S/C15H14Cl2FNO/c1-2-19-9-10-8-11(18)6-7-13(10)20-14-5-3-4-12(16)15(14)17/h3-8,19H,2,9H2,1H3. The minimum Gasteiger partial charge on any atom is -0.455 e. The summed E-state index contributed by atoms with van der Waals surface area (Å²) >= 11 is 12.0. The average molecular weight is 314 g/mol. The van der Waals surface area contributed by atoms with Crippen molar-refractivity contribution >= 4 is 23.2 Å². The molecule has 0 aromatic heterocycles. The summed E-state index contributed by atoms with van der Waals surface area (Å²) < 4.78 is 19.1. The molecule has 0 saturated heterocycles. The molecule has 0 aliphatic carbocycles. The Morgan fingerprint density at radius 2 is 1.95 bits per heavy atom. The molecule has 5 heteroatoms. The summed E-state index contributed by atoms with van der Waals surface area (Å²) in [6, 6.07) is 9.52. The van der Waals surface area contributed by atoms with E-state index in [0.717, 1.165) is 12.1 Å². The van der Waals surface area contributed by atoms with Gasteiger partial charge in [-0.1, -0.05) is 36.2 Å². The lowest BCUT2D eigenvalue weighted by Crippen LogP contribution is -2.12. The van der Waals surface area contributed by atoms with Crippen LogP contribution in [0.25, 0.3) is 0 Å².